The van der Waals surface area contributed by atoms with E-state index in [0.29, 0.717) is 18.3 Å². The average molecular weight is 537 g/mol. The number of carbonyl (C=O) groups excluding carboxylic acids is 1. The monoisotopic (exact) mass is 537 g/mol. The van der Waals surface area contributed by atoms with Crippen LogP contribution in [0.1, 0.15) is 30.0 Å². The van der Waals surface area contributed by atoms with Crippen molar-refractivity contribution in [2.24, 2.45) is 10.7 Å². The molecule has 1 amide bonds. The van der Waals surface area contributed by atoms with E-state index >= 15 is 0 Å². The second-order valence-electron chi connectivity index (χ2n) is 7.38. The summed E-state index contributed by atoms with van der Waals surface area (Å²) in [6, 6.07) is 18.5. The van der Waals surface area contributed by atoms with Gasteiger partial charge >= 0.3 is 0 Å². The van der Waals surface area contributed by atoms with Crippen LogP contribution < -0.4 is 21.1 Å². The number of carbonyl (C=O) groups is 1. The van der Waals surface area contributed by atoms with E-state index in [4.69, 9.17) is 10.5 Å². The van der Waals surface area contributed by atoms with E-state index in [1.807, 2.05) is 18.2 Å². The lowest BCUT2D eigenvalue weighted by atomic mass is 10.1. The lowest BCUT2D eigenvalue weighted by Gasteiger charge is -2.29. The number of primary amides is 1. The van der Waals surface area contributed by atoms with Crippen LogP contribution >= 0.6 is 24.0 Å². The number of nitrogens with zero attached hydrogens (tertiary/aromatic N) is 2. The summed E-state index contributed by atoms with van der Waals surface area (Å²) in [6.07, 6.45) is 2.51. The number of ether oxygens (including phenoxy) is 1. The number of amides is 1. The zero-order chi connectivity index (χ0) is 21.2. The van der Waals surface area contributed by atoms with Crippen LogP contribution in [0.5, 0.6) is 5.75 Å². The van der Waals surface area contributed by atoms with Gasteiger partial charge in [0, 0.05) is 20.1 Å². The van der Waals surface area contributed by atoms with Crippen molar-refractivity contribution in [3.8, 4) is 5.75 Å². The predicted octanol–water partition coefficient (Wildman–Crippen LogP) is 2.67. The smallest absolute Gasteiger partial charge is 0.255 e. The van der Waals surface area contributed by atoms with Gasteiger partial charge in [-0.1, -0.05) is 42.5 Å². The van der Waals surface area contributed by atoms with E-state index < -0.39 is 5.91 Å². The molecule has 3 rings (SSSR count). The van der Waals surface area contributed by atoms with Crippen molar-refractivity contribution >= 4 is 35.8 Å². The number of guanidine groups is 1. The zero-order valence-electron chi connectivity index (χ0n) is 17.9. The SMILES string of the molecule is CN=C(NCc1cccc(OCC(N)=O)c1)NCC(c1ccccc1)N1CCCC1.I. The van der Waals surface area contributed by atoms with E-state index in [0.717, 1.165) is 31.2 Å². The van der Waals surface area contributed by atoms with Gasteiger partial charge in [0.25, 0.3) is 5.91 Å². The van der Waals surface area contributed by atoms with Gasteiger partial charge in [-0.15, -0.1) is 24.0 Å². The van der Waals surface area contributed by atoms with Crippen LogP contribution in [0.15, 0.2) is 59.6 Å². The Labute approximate surface area is 201 Å². The van der Waals surface area contributed by atoms with Crippen molar-refractivity contribution in [3.63, 3.8) is 0 Å². The highest BCUT2D eigenvalue weighted by Crippen LogP contribution is 2.24. The normalized spacial score (nSPS) is 15.1. The molecule has 0 bridgehead atoms. The second-order valence-corrected chi connectivity index (χ2v) is 7.38. The van der Waals surface area contributed by atoms with Gasteiger partial charge in [0.15, 0.2) is 12.6 Å². The molecule has 168 valence electrons. The number of nitrogens with one attached hydrogen (secondary N) is 2. The van der Waals surface area contributed by atoms with Crippen LogP contribution in [0.4, 0.5) is 0 Å². The molecule has 0 aliphatic carbocycles. The van der Waals surface area contributed by atoms with E-state index in [-0.39, 0.29) is 30.6 Å². The highest BCUT2D eigenvalue weighted by molar-refractivity contribution is 14.0. The molecule has 8 heteroatoms. The third-order valence-electron chi connectivity index (χ3n) is 5.19. The predicted molar refractivity (Wildman–Crippen MR) is 135 cm³/mol. The number of hydrogen-bond donors (Lipinski definition) is 3. The first-order chi connectivity index (χ1) is 14.7. The number of rotatable bonds is 9. The third kappa shape index (κ3) is 8.02. The number of hydrogen-bond acceptors (Lipinski definition) is 4. The van der Waals surface area contributed by atoms with Crippen LogP contribution in [0.3, 0.4) is 0 Å². The lowest BCUT2D eigenvalue weighted by molar-refractivity contribution is -0.119. The van der Waals surface area contributed by atoms with Crippen molar-refractivity contribution < 1.29 is 9.53 Å². The Kier molecular flexibility index (Phi) is 10.6. The first-order valence-electron chi connectivity index (χ1n) is 10.4. The Morgan fingerprint density at radius 2 is 1.87 bits per heavy atom. The summed E-state index contributed by atoms with van der Waals surface area (Å²) in [5.41, 5.74) is 7.48. The summed E-state index contributed by atoms with van der Waals surface area (Å²) >= 11 is 0. The number of aliphatic imine (C=N–C) groups is 1. The maximum Gasteiger partial charge on any atom is 0.255 e. The van der Waals surface area contributed by atoms with Gasteiger partial charge in [0.2, 0.25) is 0 Å². The topological polar surface area (TPSA) is 92.0 Å². The van der Waals surface area contributed by atoms with E-state index in [2.05, 4.69) is 50.9 Å². The van der Waals surface area contributed by atoms with Gasteiger partial charge in [-0.05, 0) is 49.2 Å². The summed E-state index contributed by atoms with van der Waals surface area (Å²) in [4.78, 5) is 17.8. The minimum atomic E-state index is -0.492. The molecule has 1 aliphatic rings. The molecular formula is C23H32IN5O2. The number of nitrogens with two attached hydrogens (primary N) is 1. The molecule has 1 fully saturated rings. The van der Waals surface area contributed by atoms with Crippen LogP contribution in [0.25, 0.3) is 0 Å². The quantitative estimate of drug-likeness (QED) is 0.260. The lowest BCUT2D eigenvalue weighted by Crippen LogP contribution is -2.42. The molecule has 1 saturated heterocycles. The minimum absolute atomic E-state index is 0. The van der Waals surface area contributed by atoms with Crippen molar-refractivity contribution in [2.45, 2.75) is 25.4 Å². The van der Waals surface area contributed by atoms with Gasteiger partial charge in [-0.25, -0.2) is 0 Å². The summed E-state index contributed by atoms with van der Waals surface area (Å²) in [5, 5.41) is 6.82. The largest absolute Gasteiger partial charge is 0.484 e. The van der Waals surface area contributed by atoms with Crippen molar-refractivity contribution in [1.29, 1.82) is 0 Å². The highest BCUT2D eigenvalue weighted by Gasteiger charge is 2.23. The number of benzene rings is 2. The van der Waals surface area contributed by atoms with Crippen LogP contribution in [0.2, 0.25) is 0 Å². The average Bonchev–Trinajstić information content (AvgIpc) is 3.30. The number of halogens is 1. The van der Waals surface area contributed by atoms with Gasteiger partial charge in [-0.2, -0.15) is 0 Å². The molecule has 1 unspecified atom stereocenters. The van der Waals surface area contributed by atoms with Gasteiger partial charge in [0.05, 0.1) is 6.04 Å². The van der Waals surface area contributed by atoms with Crippen molar-refractivity contribution in [3.05, 3.63) is 65.7 Å². The minimum Gasteiger partial charge on any atom is -0.484 e. The summed E-state index contributed by atoms with van der Waals surface area (Å²) in [7, 11) is 1.77. The maximum absolute atomic E-state index is 10.9. The zero-order valence-corrected chi connectivity index (χ0v) is 20.3. The maximum atomic E-state index is 10.9. The van der Waals surface area contributed by atoms with E-state index in [1.54, 1.807) is 13.1 Å². The van der Waals surface area contributed by atoms with E-state index in [1.165, 1.54) is 18.4 Å². The van der Waals surface area contributed by atoms with Crippen molar-refractivity contribution in [2.75, 3.05) is 33.3 Å². The van der Waals surface area contributed by atoms with Gasteiger partial charge < -0.3 is 21.1 Å². The molecule has 1 aliphatic heterocycles. The molecule has 4 N–H and O–H groups in total. The summed E-state index contributed by atoms with van der Waals surface area (Å²) < 4.78 is 5.37. The molecule has 2 aromatic carbocycles. The Balaban J connectivity index is 0.00000341. The Hall–Kier alpha value is -2.33. The van der Waals surface area contributed by atoms with Crippen LogP contribution in [0, 0.1) is 0 Å². The highest BCUT2D eigenvalue weighted by atomic mass is 127. The van der Waals surface area contributed by atoms with Crippen molar-refractivity contribution in [1.82, 2.24) is 15.5 Å². The fourth-order valence-electron chi connectivity index (χ4n) is 3.69. The molecule has 0 aromatic heterocycles. The molecule has 0 radical (unpaired) electrons. The second kappa shape index (κ2) is 13.2. The van der Waals surface area contributed by atoms with Gasteiger partial charge in [0.1, 0.15) is 5.75 Å². The molecule has 2 aromatic rings. The molecular weight excluding hydrogens is 505 g/mol. The van der Waals surface area contributed by atoms with E-state index in [9.17, 15) is 4.79 Å². The number of likely N-dealkylation sites (tertiary alicyclic amines) is 1. The van der Waals surface area contributed by atoms with Crippen LogP contribution in [-0.2, 0) is 11.3 Å². The molecule has 0 saturated carbocycles. The van der Waals surface area contributed by atoms with Gasteiger partial charge in [-0.3, -0.25) is 14.7 Å². The first kappa shape index (κ1) is 24.9. The first-order valence-corrected chi connectivity index (χ1v) is 10.4. The molecule has 1 atom stereocenters. The molecule has 31 heavy (non-hydrogen) atoms. The fourth-order valence-corrected chi connectivity index (χ4v) is 3.69. The summed E-state index contributed by atoms with van der Waals surface area (Å²) in [5.74, 6) is 0.877. The Morgan fingerprint density at radius 3 is 2.55 bits per heavy atom. The fraction of sp³-hybridized carbons (Fsp3) is 0.391. The molecule has 1 heterocycles. The standard InChI is InChI=1S/C23H31N5O2.HI/c1-25-23(26-15-18-8-7-11-20(14-18)30-17-22(24)29)27-16-21(28-12-5-6-13-28)19-9-3-2-4-10-19;/h2-4,7-11,14,21H,5-6,12-13,15-17H2,1H3,(H2,24,29)(H2,25,26,27);1H. The Bertz CT molecular complexity index is 841. The third-order valence-corrected chi connectivity index (χ3v) is 5.19. The Morgan fingerprint density at radius 1 is 1.13 bits per heavy atom. The summed E-state index contributed by atoms with van der Waals surface area (Å²) in [6.45, 7) is 3.51. The molecule has 0 spiro atoms. The molecule has 7 nitrogen and oxygen atoms in total. The van der Waals surface area contributed by atoms with Crippen LogP contribution in [-0.4, -0.2) is 50.1 Å².